The van der Waals surface area contributed by atoms with Crippen LogP contribution in [0.1, 0.15) is 5.69 Å². The number of halogens is 1. The largest absolute Gasteiger partial charge is 0.365 e. The van der Waals surface area contributed by atoms with Crippen LogP contribution in [-0.4, -0.2) is 25.8 Å². The first-order chi connectivity index (χ1) is 9.72. The standard InChI is InChI=1S/C13H10FN5O/c14-8-1-2-12(16-4-8)19-13(20)3-10-9-5-15-6-11(9)18-7-17-10/h1-2,4-7,15H,3H2,(H,16,19,20). The number of fused-ring (bicyclic) bond motifs is 1. The van der Waals surface area contributed by atoms with Crippen LogP contribution < -0.4 is 5.32 Å². The van der Waals surface area contributed by atoms with Gasteiger partial charge in [-0.25, -0.2) is 19.3 Å². The van der Waals surface area contributed by atoms with Crippen molar-refractivity contribution in [1.29, 1.82) is 0 Å². The van der Waals surface area contributed by atoms with Gasteiger partial charge in [-0.15, -0.1) is 0 Å². The number of H-pyrrole nitrogens is 1. The average Bonchev–Trinajstić information content (AvgIpc) is 2.91. The summed E-state index contributed by atoms with van der Waals surface area (Å²) in [7, 11) is 0. The zero-order valence-corrected chi connectivity index (χ0v) is 10.3. The van der Waals surface area contributed by atoms with E-state index in [0.717, 1.165) is 17.1 Å². The van der Waals surface area contributed by atoms with Gasteiger partial charge in [-0.2, -0.15) is 0 Å². The van der Waals surface area contributed by atoms with Gasteiger partial charge in [0, 0.05) is 17.8 Å². The van der Waals surface area contributed by atoms with Gasteiger partial charge in [0.1, 0.15) is 18.0 Å². The summed E-state index contributed by atoms with van der Waals surface area (Å²) in [6.07, 6.45) is 6.03. The highest BCUT2D eigenvalue weighted by molar-refractivity contribution is 5.94. The van der Waals surface area contributed by atoms with Crippen LogP contribution in [0.5, 0.6) is 0 Å². The summed E-state index contributed by atoms with van der Waals surface area (Å²) in [6.45, 7) is 0. The maximum Gasteiger partial charge on any atom is 0.231 e. The molecule has 2 N–H and O–H groups in total. The molecule has 7 heteroatoms. The van der Waals surface area contributed by atoms with Gasteiger partial charge in [-0.3, -0.25) is 4.79 Å². The van der Waals surface area contributed by atoms with Crippen molar-refractivity contribution in [2.75, 3.05) is 5.32 Å². The molecule has 0 spiro atoms. The molecule has 0 aliphatic carbocycles. The predicted octanol–water partition coefficient (Wildman–Crippen LogP) is 1.67. The lowest BCUT2D eigenvalue weighted by molar-refractivity contribution is -0.115. The van der Waals surface area contributed by atoms with Crippen molar-refractivity contribution >= 4 is 22.6 Å². The molecule has 1 amide bonds. The van der Waals surface area contributed by atoms with Crippen molar-refractivity contribution in [2.24, 2.45) is 0 Å². The lowest BCUT2D eigenvalue weighted by atomic mass is 10.2. The third-order valence-corrected chi connectivity index (χ3v) is 2.77. The summed E-state index contributed by atoms with van der Waals surface area (Å²) in [4.78, 5) is 26.8. The second kappa shape index (κ2) is 5.04. The highest BCUT2D eigenvalue weighted by Gasteiger charge is 2.10. The summed E-state index contributed by atoms with van der Waals surface area (Å²) in [5, 5.41) is 3.39. The average molecular weight is 271 g/mol. The minimum atomic E-state index is -0.451. The molecule has 0 bridgehead atoms. The van der Waals surface area contributed by atoms with Gasteiger partial charge in [0.25, 0.3) is 0 Å². The van der Waals surface area contributed by atoms with Crippen LogP contribution in [0.2, 0.25) is 0 Å². The van der Waals surface area contributed by atoms with Gasteiger partial charge in [-0.1, -0.05) is 0 Å². The van der Waals surface area contributed by atoms with E-state index in [1.54, 1.807) is 12.4 Å². The van der Waals surface area contributed by atoms with E-state index in [1.807, 2.05) is 0 Å². The topological polar surface area (TPSA) is 83.6 Å². The van der Waals surface area contributed by atoms with Crippen LogP contribution in [0.25, 0.3) is 10.9 Å². The van der Waals surface area contributed by atoms with Gasteiger partial charge in [0.05, 0.1) is 23.8 Å². The Morgan fingerprint density at radius 3 is 2.95 bits per heavy atom. The van der Waals surface area contributed by atoms with Gasteiger partial charge < -0.3 is 10.3 Å². The summed E-state index contributed by atoms with van der Waals surface area (Å²) in [5.41, 5.74) is 1.37. The molecule has 3 aromatic heterocycles. The van der Waals surface area contributed by atoms with E-state index in [2.05, 4.69) is 25.3 Å². The number of carbonyl (C=O) groups is 1. The Balaban J connectivity index is 1.76. The maximum atomic E-state index is 12.7. The zero-order chi connectivity index (χ0) is 13.9. The van der Waals surface area contributed by atoms with E-state index in [1.165, 1.54) is 18.5 Å². The van der Waals surface area contributed by atoms with Crippen LogP contribution in [0.3, 0.4) is 0 Å². The fourth-order valence-corrected chi connectivity index (χ4v) is 1.85. The molecular weight excluding hydrogens is 261 g/mol. The molecule has 6 nitrogen and oxygen atoms in total. The van der Waals surface area contributed by atoms with E-state index in [0.29, 0.717) is 11.5 Å². The van der Waals surface area contributed by atoms with Crippen molar-refractivity contribution in [3.05, 3.63) is 48.6 Å². The molecule has 3 aromatic rings. The quantitative estimate of drug-likeness (QED) is 0.759. The number of hydrogen-bond donors (Lipinski definition) is 2. The molecule has 20 heavy (non-hydrogen) atoms. The molecule has 0 saturated carbocycles. The first-order valence-corrected chi connectivity index (χ1v) is 5.90. The van der Waals surface area contributed by atoms with Gasteiger partial charge in [-0.05, 0) is 12.1 Å². The van der Waals surface area contributed by atoms with E-state index < -0.39 is 5.82 Å². The van der Waals surface area contributed by atoms with Crippen LogP contribution in [0, 0.1) is 5.82 Å². The molecule has 3 heterocycles. The summed E-state index contributed by atoms with van der Waals surface area (Å²) in [6, 6.07) is 2.64. The van der Waals surface area contributed by atoms with E-state index in [9.17, 15) is 9.18 Å². The lowest BCUT2D eigenvalue weighted by Gasteiger charge is -2.04. The van der Waals surface area contributed by atoms with Crippen molar-refractivity contribution in [3.63, 3.8) is 0 Å². The van der Waals surface area contributed by atoms with Crippen molar-refractivity contribution in [1.82, 2.24) is 19.9 Å². The molecule has 100 valence electrons. The lowest BCUT2D eigenvalue weighted by Crippen LogP contribution is -2.16. The van der Waals surface area contributed by atoms with Crippen LogP contribution in [0.4, 0.5) is 10.2 Å². The highest BCUT2D eigenvalue weighted by atomic mass is 19.1. The minimum Gasteiger partial charge on any atom is -0.365 e. The third-order valence-electron chi connectivity index (χ3n) is 2.77. The van der Waals surface area contributed by atoms with Gasteiger partial charge >= 0.3 is 0 Å². The molecule has 0 saturated heterocycles. The number of hydrogen-bond acceptors (Lipinski definition) is 4. The van der Waals surface area contributed by atoms with E-state index >= 15 is 0 Å². The molecular formula is C13H10FN5O. The minimum absolute atomic E-state index is 0.0932. The molecule has 0 unspecified atom stereocenters. The summed E-state index contributed by atoms with van der Waals surface area (Å²) in [5.74, 6) is -0.422. The maximum absolute atomic E-state index is 12.7. The molecule has 0 aliphatic rings. The molecule has 0 fully saturated rings. The van der Waals surface area contributed by atoms with Gasteiger partial charge in [0.15, 0.2) is 0 Å². The van der Waals surface area contributed by atoms with Gasteiger partial charge in [0.2, 0.25) is 5.91 Å². The Morgan fingerprint density at radius 2 is 2.15 bits per heavy atom. The van der Waals surface area contributed by atoms with Crippen LogP contribution in [-0.2, 0) is 11.2 Å². The second-order valence-electron chi connectivity index (χ2n) is 4.16. The Kier molecular flexibility index (Phi) is 3.08. The zero-order valence-electron chi connectivity index (χ0n) is 10.3. The van der Waals surface area contributed by atoms with Crippen molar-refractivity contribution in [2.45, 2.75) is 6.42 Å². The number of nitrogens with one attached hydrogen (secondary N) is 2. The monoisotopic (exact) mass is 271 g/mol. The van der Waals surface area contributed by atoms with Crippen LogP contribution >= 0.6 is 0 Å². The van der Waals surface area contributed by atoms with E-state index in [-0.39, 0.29) is 12.3 Å². The molecule has 0 radical (unpaired) electrons. The number of pyridine rings is 1. The first kappa shape index (κ1) is 12.2. The van der Waals surface area contributed by atoms with Crippen molar-refractivity contribution in [3.8, 4) is 0 Å². The molecule has 0 atom stereocenters. The second-order valence-corrected chi connectivity index (χ2v) is 4.16. The molecule has 0 aliphatic heterocycles. The SMILES string of the molecule is O=C(Cc1ncnc2c[nH]cc12)Nc1ccc(F)cn1. The normalized spacial score (nSPS) is 10.7. The van der Waals surface area contributed by atoms with Crippen molar-refractivity contribution < 1.29 is 9.18 Å². The number of nitrogens with zero attached hydrogens (tertiary/aromatic N) is 3. The fourth-order valence-electron chi connectivity index (χ4n) is 1.85. The Hall–Kier alpha value is -2.83. The van der Waals surface area contributed by atoms with Crippen LogP contribution in [0.15, 0.2) is 37.1 Å². The summed E-state index contributed by atoms with van der Waals surface area (Å²) < 4.78 is 12.7. The number of aromatic amines is 1. The Labute approximate surface area is 113 Å². The number of aromatic nitrogens is 4. The number of rotatable bonds is 3. The number of amides is 1. The third kappa shape index (κ3) is 2.46. The smallest absolute Gasteiger partial charge is 0.231 e. The Bertz CT molecular complexity index is 753. The predicted molar refractivity (Wildman–Crippen MR) is 70.4 cm³/mol. The molecule has 3 rings (SSSR count). The highest BCUT2D eigenvalue weighted by Crippen LogP contribution is 2.14. The van der Waals surface area contributed by atoms with E-state index in [4.69, 9.17) is 0 Å². The Morgan fingerprint density at radius 1 is 1.25 bits per heavy atom. The fraction of sp³-hybridized carbons (Fsp3) is 0.0769. The summed E-state index contributed by atoms with van der Waals surface area (Å²) >= 11 is 0. The number of carbonyl (C=O) groups excluding carboxylic acids is 1. The number of anilines is 1. The first-order valence-electron chi connectivity index (χ1n) is 5.90. The molecule has 0 aromatic carbocycles.